The van der Waals surface area contributed by atoms with E-state index in [9.17, 15) is 4.39 Å². The van der Waals surface area contributed by atoms with E-state index in [0.29, 0.717) is 12.0 Å². The predicted octanol–water partition coefficient (Wildman–Crippen LogP) is 3.80. The highest BCUT2D eigenvalue weighted by Gasteiger charge is 2.31. The number of nitrogens with one attached hydrogen (secondary N) is 1. The van der Waals surface area contributed by atoms with Gasteiger partial charge in [-0.15, -0.1) is 0 Å². The predicted molar refractivity (Wildman–Crippen MR) is 77.8 cm³/mol. The molecular weight excluding hydrogens is 245 g/mol. The van der Waals surface area contributed by atoms with Gasteiger partial charge in [-0.3, -0.25) is 0 Å². The van der Waals surface area contributed by atoms with Crippen molar-refractivity contribution < 1.29 is 4.39 Å². The van der Waals surface area contributed by atoms with Gasteiger partial charge < -0.3 is 5.32 Å². The van der Waals surface area contributed by atoms with Crippen LogP contribution in [0.15, 0.2) is 24.3 Å². The number of benzene rings is 1. The molecule has 2 rings (SSSR count). The Hall–Kier alpha value is -0.540. The average Bonchev–Trinajstić information content (AvgIpc) is 2.33. The fraction of sp³-hybridized carbons (Fsp3) is 0.600. The molecule has 0 spiro atoms. The fourth-order valence-corrected chi connectivity index (χ4v) is 3.02. The minimum atomic E-state index is -0.0408. The first-order chi connectivity index (χ1) is 8.81. The highest BCUT2D eigenvalue weighted by atomic mass is 32.2. The van der Waals surface area contributed by atoms with Crippen molar-refractivity contribution in [2.24, 2.45) is 0 Å². The molecular formula is C15H22FNS. The normalized spacial score (nSPS) is 22.8. The Kier molecular flexibility index (Phi) is 5.51. The maximum Gasteiger partial charge on any atom is 0.126 e. The van der Waals surface area contributed by atoms with Crippen LogP contribution in [0.1, 0.15) is 37.2 Å². The Balaban J connectivity index is 1.64. The lowest BCUT2D eigenvalue weighted by Crippen LogP contribution is -2.40. The molecule has 1 N–H and O–H groups in total. The van der Waals surface area contributed by atoms with Crippen molar-refractivity contribution in [3.05, 3.63) is 35.6 Å². The summed E-state index contributed by atoms with van der Waals surface area (Å²) in [7, 11) is 0. The first-order valence-corrected chi connectivity index (χ1v) is 8.17. The first kappa shape index (κ1) is 13.9. The van der Waals surface area contributed by atoms with Crippen LogP contribution in [0.5, 0.6) is 0 Å². The second-order valence-corrected chi connectivity index (χ2v) is 6.03. The summed E-state index contributed by atoms with van der Waals surface area (Å²) in [5.74, 6) is 1.64. The van der Waals surface area contributed by atoms with E-state index < -0.39 is 0 Å². The van der Waals surface area contributed by atoms with Gasteiger partial charge in [0.15, 0.2) is 0 Å². The monoisotopic (exact) mass is 267 g/mol. The Morgan fingerprint density at radius 1 is 1.28 bits per heavy atom. The molecule has 0 bridgehead atoms. The third-order valence-corrected chi connectivity index (χ3v) is 4.39. The standard InChI is InChI=1S/C15H22FNS/c1-18-9-5-4-8-17-13-10-12(11-13)14-6-2-3-7-15(14)16/h2-3,6-7,12-13,17H,4-5,8-11H2,1H3. The molecule has 0 saturated heterocycles. The Morgan fingerprint density at radius 2 is 2.06 bits per heavy atom. The molecule has 0 aromatic heterocycles. The van der Waals surface area contributed by atoms with Crippen molar-refractivity contribution in [1.29, 1.82) is 0 Å². The molecule has 18 heavy (non-hydrogen) atoms. The zero-order valence-electron chi connectivity index (χ0n) is 11.0. The Bertz CT molecular complexity index is 363. The highest BCUT2D eigenvalue weighted by Crippen LogP contribution is 2.37. The molecule has 1 aromatic rings. The van der Waals surface area contributed by atoms with E-state index in [1.165, 1.54) is 18.6 Å². The molecule has 1 aromatic carbocycles. The number of hydrogen-bond donors (Lipinski definition) is 1. The average molecular weight is 267 g/mol. The van der Waals surface area contributed by atoms with Crippen LogP contribution >= 0.6 is 11.8 Å². The van der Waals surface area contributed by atoms with Crippen molar-refractivity contribution in [2.75, 3.05) is 18.6 Å². The van der Waals surface area contributed by atoms with Gasteiger partial charge >= 0.3 is 0 Å². The van der Waals surface area contributed by atoms with Gasteiger partial charge in [0, 0.05) is 6.04 Å². The molecule has 0 unspecified atom stereocenters. The van der Waals surface area contributed by atoms with Gasteiger partial charge in [0.2, 0.25) is 0 Å². The summed E-state index contributed by atoms with van der Waals surface area (Å²) >= 11 is 1.91. The number of hydrogen-bond acceptors (Lipinski definition) is 2. The molecule has 0 aliphatic heterocycles. The van der Waals surface area contributed by atoms with Crippen molar-refractivity contribution in [3.8, 4) is 0 Å². The quantitative estimate of drug-likeness (QED) is 0.754. The van der Waals surface area contributed by atoms with Crippen LogP contribution in [0.4, 0.5) is 4.39 Å². The third-order valence-electron chi connectivity index (χ3n) is 3.69. The maximum absolute atomic E-state index is 13.6. The molecule has 0 atom stereocenters. The van der Waals surface area contributed by atoms with E-state index in [4.69, 9.17) is 0 Å². The van der Waals surface area contributed by atoms with Crippen LogP contribution in [0.3, 0.4) is 0 Å². The van der Waals surface area contributed by atoms with E-state index >= 15 is 0 Å². The minimum absolute atomic E-state index is 0.0408. The van der Waals surface area contributed by atoms with Crippen LogP contribution in [-0.2, 0) is 0 Å². The van der Waals surface area contributed by atoms with E-state index in [1.54, 1.807) is 12.1 Å². The maximum atomic E-state index is 13.6. The Morgan fingerprint density at radius 3 is 2.78 bits per heavy atom. The lowest BCUT2D eigenvalue weighted by Gasteiger charge is -2.36. The van der Waals surface area contributed by atoms with Crippen LogP contribution in [0.25, 0.3) is 0 Å². The van der Waals surface area contributed by atoms with Crippen LogP contribution in [0.2, 0.25) is 0 Å². The summed E-state index contributed by atoms with van der Waals surface area (Å²) in [4.78, 5) is 0. The molecule has 3 heteroatoms. The summed E-state index contributed by atoms with van der Waals surface area (Å²) in [5, 5.41) is 3.57. The third kappa shape index (κ3) is 3.72. The second kappa shape index (κ2) is 7.15. The van der Waals surface area contributed by atoms with Crippen molar-refractivity contribution >= 4 is 11.8 Å². The molecule has 100 valence electrons. The van der Waals surface area contributed by atoms with Gasteiger partial charge in [-0.2, -0.15) is 11.8 Å². The molecule has 1 fully saturated rings. The summed E-state index contributed by atoms with van der Waals surface area (Å²) in [6.07, 6.45) is 6.87. The van der Waals surface area contributed by atoms with Gasteiger partial charge in [-0.1, -0.05) is 18.2 Å². The van der Waals surface area contributed by atoms with Crippen molar-refractivity contribution in [2.45, 2.75) is 37.6 Å². The van der Waals surface area contributed by atoms with E-state index in [0.717, 1.165) is 24.9 Å². The topological polar surface area (TPSA) is 12.0 Å². The van der Waals surface area contributed by atoms with E-state index in [2.05, 4.69) is 11.6 Å². The summed E-state index contributed by atoms with van der Waals surface area (Å²) < 4.78 is 13.6. The molecule has 1 nitrogen and oxygen atoms in total. The SMILES string of the molecule is CSCCCCNC1CC(c2ccccc2F)C1. The van der Waals surface area contributed by atoms with Crippen LogP contribution < -0.4 is 5.32 Å². The van der Waals surface area contributed by atoms with E-state index in [-0.39, 0.29) is 5.82 Å². The van der Waals surface area contributed by atoms with Crippen molar-refractivity contribution in [3.63, 3.8) is 0 Å². The van der Waals surface area contributed by atoms with Gasteiger partial charge in [-0.25, -0.2) is 4.39 Å². The summed E-state index contributed by atoms with van der Waals surface area (Å²) in [5.41, 5.74) is 0.901. The fourth-order valence-electron chi connectivity index (χ4n) is 2.52. The van der Waals surface area contributed by atoms with Gasteiger partial charge in [0.1, 0.15) is 5.82 Å². The Labute approximate surface area is 114 Å². The number of rotatable bonds is 7. The molecule has 1 aliphatic rings. The zero-order valence-corrected chi connectivity index (χ0v) is 11.8. The number of halogens is 1. The smallest absolute Gasteiger partial charge is 0.126 e. The minimum Gasteiger partial charge on any atom is -0.314 e. The van der Waals surface area contributed by atoms with E-state index in [1.807, 2.05) is 23.9 Å². The van der Waals surface area contributed by atoms with Crippen LogP contribution in [0, 0.1) is 5.82 Å². The molecule has 0 amide bonds. The molecule has 1 aliphatic carbocycles. The van der Waals surface area contributed by atoms with Crippen LogP contribution in [-0.4, -0.2) is 24.6 Å². The van der Waals surface area contributed by atoms with Gasteiger partial charge in [0.05, 0.1) is 0 Å². The molecule has 0 heterocycles. The lowest BCUT2D eigenvalue weighted by molar-refractivity contribution is 0.285. The molecule has 1 saturated carbocycles. The summed E-state index contributed by atoms with van der Waals surface area (Å²) in [6, 6.07) is 7.79. The number of thioether (sulfide) groups is 1. The second-order valence-electron chi connectivity index (χ2n) is 5.04. The van der Waals surface area contributed by atoms with Crippen molar-refractivity contribution in [1.82, 2.24) is 5.32 Å². The molecule has 0 radical (unpaired) electrons. The largest absolute Gasteiger partial charge is 0.314 e. The summed E-state index contributed by atoms with van der Waals surface area (Å²) in [6.45, 7) is 1.11. The zero-order chi connectivity index (χ0) is 12.8. The van der Waals surface area contributed by atoms with Gasteiger partial charge in [-0.05, 0) is 61.8 Å². The first-order valence-electron chi connectivity index (χ1n) is 6.78. The number of unbranched alkanes of at least 4 members (excludes halogenated alkanes) is 1. The van der Waals surface area contributed by atoms with Gasteiger partial charge in [0.25, 0.3) is 0 Å². The highest BCUT2D eigenvalue weighted by molar-refractivity contribution is 7.98. The lowest BCUT2D eigenvalue weighted by atomic mass is 9.75.